The first-order valence-corrected chi connectivity index (χ1v) is 21.3. The lowest BCUT2D eigenvalue weighted by Crippen LogP contribution is -2.11. The van der Waals surface area contributed by atoms with Gasteiger partial charge in [0.1, 0.15) is 0 Å². The average Bonchev–Trinajstić information content (AvgIpc) is 3.69. The molecule has 0 fully saturated rings. The van der Waals surface area contributed by atoms with Gasteiger partial charge in [-0.1, -0.05) is 188 Å². The van der Waals surface area contributed by atoms with E-state index in [9.17, 15) is 0 Å². The van der Waals surface area contributed by atoms with Gasteiger partial charge in [-0.15, -0.1) is 0 Å². The summed E-state index contributed by atoms with van der Waals surface area (Å²) < 4.78 is 2.41. The molecule has 0 atom stereocenters. The van der Waals surface area contributed by atoms with Crippen molar-refractivity contribution in [3.8, 4) is 39.1 Å². The molecule has 0 aliphatic heterocycles. The maximum atomic E-state index is 2.41. The summed E-state index contributed by atoms with van der Waals surface area (Å²) in [6, 6.07) is 88.4. The number of hydrogen-bond donors (Lipinski definition) is 0. The van der Waals surface area contributed by atoms with E-state index in [-0.39, 0.29) is 0 Å². The molecule has 290 valence electrons. The molecule has 0 radical (unpaired) electrons. The topological polar surface area (TPSA) is 8.17 Å². The summed E-state index contributed by atoms with van der Waals surface area (Å²) in [4.78, 5) is 2.40. The van der Waals surface area contributed by atoms with Crippen molar-refractivity contribution in [2.45, 2.75) is 0 Å². The molecule has 0 unspecified atom stereocenters. The monoisotopic (exact) mass is 788 g/mol. The lowest BCUT2D eigenvalue weighted by molar-refractivity contribution is 1.18. The van der Waals surface area contributed by atoms with Crippen LogP contribution in [0.4, 0.5) is 17.1 Å². The van der Waals surface area contributed by atoms with Crippen LogP contribution in [-0.4, -0.2) is 4.57 Å². The van der Waals surface area contributed by atoms with E-state index in [0.717, 1.165) is 28.3 Å². The van der Waals surface area contributed by atoms with Gasteiger partial charge in [-0.3, -0.25) is 0 Å². The van der Waals surface area contributed by atoms with E-state index in [1.165, 1.54) is 81.9 Å². The van der Waals surface area contributed by atoms with E-state index in [0.29, 0.717) is 0 Å². The van der Waals surface area contributed by atoms with Gasteiger partial charge in [0.15, 0.2) is 0 Å². The van der Waals surface area contributed by atoms with Crippen LogP contribution in [0.25, 0.3) is 93.2 Å². The standard InChI is InChI=1S/C60H40N2/c1-2-14-42(15-3-1)50-17-6-10-22-56(50)61(48-35-30-41(31-36-48)46-34-39-53-47(40-46)29-28-45-27-26-43-16-4-5-19-52(43)60(45)53)49-37-32-44(33-38-49)51-18-7-11-23-57(51)62-58-24-12-8-20-54(58)55-21-9-13-25-59(55)62/h1-40H. The maximum absolute atomic E-state index is 2.41. The Morgan fingerprint density at radius 2 is 0.790 bits per heavy atom. The van der Waals surface area contributed by atoms with Gasteiger partial charge < -0.3 is 9.47 Å². The second-order valence-electron chi connectivity index (χ2n) is 16.1. The molecule has 11 aromatic carbocycles. The predicted octanol–water partition coefficient (Wildman–Crippen LogP) is 16.7. The highest BCUT2D eigenvalue weighted by Gasteiger charge is 2.19. The number of anilines is 3. The molecule has 2 heteroatoms. The fraction of sp³-hybridized carbons (Fsp3) is 0. The molecule has 0 bridgehead atoms. The summed E-state index contributed by atoms with van der Waals surface area (Å²) in [7, 11) is 0. The molecule has 0 saturated carbocycles. The normalized spacial score (nSPS) is 11.5. The van der Waals surface area contributed by atoms with Gasteiger partial charge in [0.25, 0.3) is 0 Å². The fourth-order valence-corrected chi connectivity index (χ4v) is 9.66. The second kappa shape index (κ2) is 14.8. The molecule has 0 saturated heterocycles. The van der Waals surface area contributed by atoms with Crippen LogP contribution in [0.5, 0.6) is 0 Å². The van der Waals surface area contributed by atoms with Gasteiger partial charge in [-0.05, 0) is 109 Å². The molecule has 2 nitrogen and oxygen atoms in total. The van der Waals surface area contributed by atoms with Crippen molar-refractivity contribution in [2.75, 3.05) is 4.90 Å². The van der Waals surface area contributed by atoms with Gasteiger partial charge in [-0.2, -0.15) is 0 Å². The Balaban J connectivity index is 0.957. The predicted molar refractivity (Wildman–Crippen MR) is 264 cm³/mol. The van der Waals surface area contributed by atoms with E-state index in [4.69, 9.17) is 0 Å². The second-order valence-corrected chi connectivity index (χ2v) is 16.1. The molecular formula is C60H40N2. The molecule has 12 rings (SSSR count). The van der Waals surface area contributed by atoms with Crippen LogP contribution in [0.2, 0.25) is 0 Å². The minimum Gasteiger partial charge on any atom is -0.310 e. The van der Waals surface area contributed by atoms with Crippen molar-refractivity contribution < 1.29 is 0 Å². The number of rotatable bonds is 7. The molecule has 0 aliphatic carbocycles. The molecule has 12 aromatic rings. The summed E-state index contributed by atoms with van der Waals surface area (Å²) in [6.45, 7) is 0. The number of aromatic nitrogens is 1. The molecule has 1 heterocycles. The Morgan fingerprint density at radius 1 is 0.290 bits per heavy atom. The molecule has 62 heavy (non-hydrogen) atoms. The lowest BCUT2D eigenvalue weighted by Gasteiger charge is -2.28. The molecule has 0 aliphatic rings. The van der Waals surface area contributed by atoms with E-state index < -0.39 is 0 Å². The molecular weight excluding hydrogens is 749 g/mol. The zero-order chi connectivity index (χ0) is 41.0. The summed E-state index contributed by atoms with van der Waals surface area (Å²) in [5.41, 5.74) is 13.9. The minimum absolute atomic E-state index is 1.09. The number of nitrogens with zero attached hydrogens (tertiary/aromatic N) is 2. The van der Waals surface area contributed by atoms with Crippen molar-refractivity contribution in [1.82, 2.24) is 4.57 Å². The van der Waals surface area contributed by atoms with Crippen molar-refractivity contribution in [2.24, 2.45) is 0 Å². The maximum Gasteiger partial charge on any atom is 0.0541 e. The van der Waals surface area contributed by atoms with Gasteiger partial charge in [0.2, 0.25) is 0 Å². The number of para-hydroxylation sites is 4. The first-order valence-electron chi connectivity index (χ1n) is 21.3. The largest absolute Gasteiger partial charge is 0.310 e. The van der Waals surface area contributed by atoms with E-state index >= 15 is 0 Å². The van der Waals surface area contributed by atoms with Crippen LogP contribution in [-0.2, 0) is 0 Å². The summed E-state index contributed by atoms with van der Waals surface area (Å²) in [6.07, 6.45) is 0. The average molecular weight is 789 g/mol. The SMILES string of the molecule is c1ccc(-c2ccccc2N(c2ccc(-c3ccc4c(ccc5ccc6ccccc6c54)c3)cc2)c2ccc(-c3ccccc3-n3c4ccccc4c4ccccc43)cc2)cc1. The van der Waals surface area contributed by atoms with Crippen LogP contribution < -0.4 is 4.90 Å². The smallest absolute Gasteiger partial charge is 0.0541 e. The minimum atomic E-state index is 1.09. The molecule has 0 amide bonds. The highest BCUT2D eigenvalue weighted by atomic mass is 15.1. The van der Waals surface area contributed by atoms with Crippen LogP contribution in [0, 0.1) is 0 Å². The Morgan fingerprint density at radius 3 is 1.52 bits per heavy atom. The number of fused-ring (bicyclic) bond motifs is 8. The summed E-state index contributed by atoms with van der Waals surface area (Å²) in [5.74, 6) is 0. The third-order valence-electron chi connectivity index (χ3n) is 12.6. The Kier molecular flexibility index (Phi) is 8.53. The zero-order valence-corrected chi connectivity index (χ0v) is 34.0. The highest BCUT2D eigenvalue weighted by Crippen LogP contribution is 2.43. The third-order valence-corrected chi connectivity index (χ3v) is 12.6. The van der Waals surface area contributed by atoms with Crippen LogP contribution in [0.3, 0.4) is 0 Å². The van der Waals surface area contributed by atoms with E-state index in [2.05, 4.69) is 252 Å². The van der Waals surface area contributed by atoms with Gasteiger partial charge in [-0.25, -0.2) is 0 Å². The molecule has 0 spiro atoms. The summed E-state index contributed by atoms with van der Waals surface area (Å²) in [5, 5.41) is 10.2. The van der Waals surface area contributed by atoms with Crippen molar-refractivity contribution in [1.29, 1.82) is 0 Å². The molecule has 1 aromatic heterocycles. The Labute approximate surface area is 360 Å². The van der Waals surface area contributed by atoms with Gasteiger partial charge in [0, 0.05) is 33.3 Å². The Hall–Kier alpha value is -8.20. The van der Waals surface area contributed by atoms with Crippen molar-refractivity contribution in [3.63, 3.8) is 0 Å². The zero-order valence-electron chi connectivity index (χ0n) is 34.0. The van der Waals surface area contributed by atoms with Gasteiger partial charge >= 0.3 is 0 Å². The quantitative estimate of drug-likeness (QED) is 0.146. The van der Waals surface area contributed by atoms with Gasteiger partial charge in [0.05, 0.1) is 22.4 Å². The van der Waals surface area contributed by atoms with Crippen molar-refractivity contribution >= 4 is 71.2 Å². The number of benzene rings is 11. The molecule has 0 N–H and O–H groups in total. The fourth-order valence-electron chi connectivity index (χ4n) is 9.66. The lowest BCUT2D eigenvalue weighted by atomic mass is 9.94. The summed E-state index contributed by atoms with van der Waals surface area (Å²) >= 11 is 0. The van der Waals surface area contributed by atoms with Crippen LogP contribution in [0.15, 0.2) is 243 Å². The Bertz CT molecular complexity index is 3560. The number of hydrogen-bond acceptors (Lipinski definition) is 1. The van der Waals surface area contributed by atoms with E-state index in [1.54, 1.807) is 0 Å². The van der Waals surface area contributed by atoms with E-state index in [1.807, 2.05) is 0 Å². The first kappa shape index (κ1) is 35.7. The first-order chi connectivity index (χ1) is 30.8. The van der Waals surface area contributed by atoms with Crippen LogP contribution >= 0.6 is 0 Å². The van der Waals surface area contributed by atoms with Crippen LogP contribution in [0.1, 0.15) is 0 Å². The third kappa shape index (κ3) is 5.96. The highest BCUT2D eigenvalue weighted by molar-refractivity contribution is 6.20. The van der Waals surface area contributed by atoms with Crippen molar-refractivity contribution in [3.05, 3.63) is 243 Å².